The predicted molar refractivity (Wildman–Crippen MR) is 114 cm³/mol. The van der Waals surface area contributed by atoms with E-state index in [2.05, 4.69) is 65.1 Å². The number of allylic oxidation sites excluding steroid dienone is 4. The quantitative estimate of drug-likeness (QED) is 0.511. The molecule has 1 nitrogen and oxygen atoms in total. The summed E-state index contributed by atoms with van der Waals surface area (Å²) in [4.78, 5) is 0. The number of ether oxygens (including phenoxy) is 1. The Morgan fingerprint density at radius 1 is 1.20 bits per heavy atom. The van der Waals surface area contributed by atoms with E-state index in [0.29, 0.717) is 0 Å². The van der Waals surface area contributed by atoms with Crippen molar-refractivity contribution < 1.29 is 4.74 Å². The van der Waals surface area contributed by atoms with Crippen LogP contribution in [-0.2, 0) is 5.41 Å². The van der Waals surface area contributed by atoms with Gasteiger partial charge in [0.05, 0.1) is 7.11 Å². The Morgan fingerprint density at radius 3 is 2.44 bits per heavy atom. The molecule has 0 saturated carbocycles. The fourth-order valence-electron chi connectivity index (χ4n) is 3.81. The first-order valence-electron chi connectivity index (χ1n) is 9.40. The van der Waals surface area contributed by atoms with Crippen molar-refractivity contribution >= 4 is 24.9 Å². The lowest BCUT2D eigenvalue weighted by Gasteiger charge is -2.32. The lowest BCUT2D eigenvalue weighted by molar-refractivity contribution is 0.400. The van der Waals surface area contributed by atoms with E-state index in [4.69, 9.17) is 16.3 Å². The third-order valence-electron chi connectivity index (χ3n) is 5.32. The molecule has 0 aromatic heterocycles. The van der Waals surface area contributed by atoms with Crippen molar-refractivity contribution in [2.45, 2.75) is 71.9 Å². The highest BCUT2D eigenvalue weighted by atomic mass is 35.5. The highest BCUT2D eigenvalue weighted by Crippen LogP contribution is 2.37. The minimum Gasteiger partial charge on any atom is -0.497 e. The van der Waals surface area contributed by atoms with Crippen molar-refractivity contribution in [1.29, 1.82) is 0 Å². The van der Waals surface area contributed by atoms with Crippen LogP contribution in [0.15, 0.2) is 35.1 Å². The molecule has 0 N–H and O–H groups in total. The number of halogens is 1. The lowest BCUT2D eigenvalue weighted by atomic mass is 9.86. The summed E-state index contributed by atoms with van der Waals surface area (Å²) in [5, 5.41) is 3.80. The first-order chi connectivity index (χ1) is 11.6. The second-order valence-electron chi connectivity index (χ2n) is 8.62. The highest BCUT2D eigenvalue weighted by Gasteiger charge is 2.36. The van der Waals surface area contributed by atoms with Crippen molar-refractivity contribution in [2.75, 3.05) is 7.11 Å². The normalized spacial score (nSPS) is 15.2. The van der Waals surface area contributed by atoms with E-state index in [9.17, 15) is 0 Å². The topological polar surface area (TPSA) is 9.23 Å². The predicted octanol–water partition coefficient (Wildman–Crippen LogP) is 6.55. The first-order valence-corrected chi connectivity index (χ1v) is 12.8. The molecule has 0 amide bonds. The monoisotopic (exact) mass is 376 g/mol. The molecule has 0 aliphatic heterocycles. The molecule has 1 aromatic rings. The van der Waals surface area contributed by atoms with Gasteiger partial charge in [-0.3, -0.25) is 0 Å². The average molecular weight is 377 g/mol. The Balaban J connectivity index is 2.61. The van der Waals surface area contributed by atoms with Gasteiger partial charge in [-0.2, -0.15) is 0 Å². The van der Waals surface area contributed by atoms with Crippen LogP contribution < -0.4 is 9.92 Å². The third-order valence-corrected chi connectivity index (χ3v) is 9.29. The van der Waals surface area contributed by atoms with Crippen molar-refractivity contribution in [1.82, 2.24) is 0 Å². The van der Waals surface area contributed by atoms with Gasteiger partial charge in [0.25, 0.3) is 0 Å². The van der Waals surface area contributed by atoms with E-state index < -0.39 is 8.07 Å². The van der Waals surface area contributed by atoms with Crippen LogP contribution in [0.3, 0.4) is 0 Å². The fourth-order valence-corrected chi connectivity index (χ4v) is 7.40. The molecule has 0 fully saturated rings. The van der Waals surface area contributed by atoms with Crippen LogP contribution in [0.2, 0.25) is 18.1 Å². The maximum Gasteiger partial charge on any atom is 0.122 e. The Morgan fingerprint density at radius 2 is 1.88 bits per heavy atom. The van der Waals surface area contributed by atoms with Crippen molar-refractivity contribution in [3.8, 4) is 5.75 Å². The van der Waals surface area contributed by atoms with Gasteiger partial charge in [-0.05, 0) is 42.0 Å². The maximum absolute atomic E-state index is 6.55. The van der Waals surface area contributed by atoms with Crippen LogP contribution >= 0.6 is 11.6 Å². The minimum atomic E-state index is -1.86. The zero-order valence-electron chi connectivity index (χ0n) is 16.9. The summed E-state index contributed by atoms with van der Waals surface area (Å²) in [6.45, 7) is 13.8. The van der Waals surface area contributed by atoms with Gasteiger partial charge in [-0.1, -0.05) is 81.7 Å². The van der Waals surface area contributed by atoms with Crippen LogP contribution in [0.5, 0.6) is 5.75 Å². The average Bonchev–Trinajstić information content (AvgIpc) is 3.00. The standard InChI is InChI=1S/C22H33ClOSi/c1-8-9-11-16-12-10-13-19(16)25(6,7)20-15-17(23)14-18(21(20)24-5)22(2,3)4/h10,12,14-15H,8-9,11,13H2,1-7H3. The Bertz CT molecular complexity index is 693. The number of methoxy groups -OCH3 is 1. The number of rotatable bonds is 6. The molecule has 1 aliphatic rings. The van der Waals surface area contributed by atoms with Crippen LogP contribution in [0, 0.1) is 0 Å². The maximum atomic E-state index is 6.55. The van der Waals surface area contributed by atoms with Gasteiger partial charge in [-0.15, -0.1) is 0 Å². The van der Waals surface area contributed by atoms with Gasteiger partial charge >= 0.3 is 0 Å². The van der Waals surface area contributed by atoms with E-state index in [-0.39, 0.29) is 5.41 Å². The molecule has 0 heterocycles. The summed E-state index contributed by atoms with van der Waals surface area (Å²) in [5.74, 6) is 1.04. The summed E-state index contributed by atoms with van der Waals surface area (Å²) in [5.41, 5.74) is 2.76. The molecule has 3 heteroatoms. The molecule has 1 aliphatic carbocycles. The summed E-state index contributed by atoms with van der Waals surface area (Å²) in [6.07, 6.45) is 9.44. The zero-order chi connectivity index (χ0) is 18.8. The molecule has 1 aromatic carbocycles. The smallest absolute Gasteiger partial charge is 0.122 e. The number of unbranched alkanes of at least 4 members (excludes halogenated alkanes) is 1. The summed E-state index contributed by atoms with van der Waals surface area (Å²) in [6, 6.07) is 4.23. The van der Waals surface area contributed by atoms with Gasteiger partial charge in [0.2, 0.25) is 0 Å². The Hall–Kier alpha value is -0.993. The molecule has 2 rings (SSSR count). The lowest BCUT2D eigenvalue weighted by Crippen LogP contribution is -2.45. The van der Waals surface area contributed by atoms with E-state index in [1.54, 1.807) is 17.9 Å². The molecule has 0 radical (unpaired) electrons. The van der Waals surface area contributed by atoms with Crippen LogP contribution in [-0.4, -0.2) is 15.2 Å². The number of hydrogen-bond donors (Lipinski definition) is 0. The molecular weight excluding hydrogens is 344 g/mol. The number of hydrogen-bond acceptors (Lipinski definition) is 1. The van der Waals surface area contributed by atoms with E-state index in [0.717, 1.165) is 17.2 Å². The van der Waals surface area contributed by atoms with E-state index in [1.807, 2.05) is 0 Å². The fraction of sp³-hybridized carbons (Fsp3) is 0.545. The SMILES string of the molecule is CCCCC1=C([Si](C)(C)c2cc(Cl)cc(C(C)(C)C)c2OC)CC=C1. The van der Waals surface area contributed by atoms with Crippen LogP contribution in [0.1, 0.15) is 58.9 Å². The van der Waals surface area contributed by atoms with Crippen molar-refractivity contribution in [2.24, 2.45) is 0 Å². The van der Waals surface area contributed by atoms with E-state index in [1.165, 1.54) is 30.0 Å². The molecule has 0 unspecified atom stereocenters. The molecule has 0 bridgehead atoms. The molecular formula is C22H33ClOSi. The van der Waals surface area contributed by atoms with Crippen molar-refractivity contribution in [3.05, 3.63) is 45.6 Å². The molecule has 0 spiro atoms. The van der Waals surface area contributed by atoms with Gasteiger partial charge in [0.15, 0.2) is 0 Å². The third kappa shape index (κ3) is 4.23. The van der Waals surface area contributed by atoms with Gasteiger partial charge in [0, 0.05) is 10.6 Å². The number of benzene rings is 1. The zero-order valence-corrected chi connectivity index (χ0v) is 18.7. The molecule has 25 heavy (non-hydrogen) atoms. The minimum absolute atomic E-state index is 0.00280. The van der Waals surface area contributed by atoms with Crippen LogP contribution in [0.25, 0.3) is 0 Å². The van der Waals surface area contributed by atoms with Crippen molar-refractivity contribution in [3.63, 3.8) is 0 Å². The van der Waals surface area contributed by atoms with E-state index >= 15 is 0 Å². The molecule has 0 atom stereocenters. The van der Waals surface area contributed by atoms with Gasteiger partial charge in [-0.25, -0.2) is 0 Å². The highest BCUT2D eigenvalue weighted by molar-refractivity contribution is 6.96. The Labute approximate surface area is 160 Å². The molecule has 138 valence electrons. The summed E-state index contributed by atoms with van der Waals surface area (Å²) < 4.78 is 5.95. The second kappa shape index (κ2) is 7.71. The van der Waals surface area contributed by atoms with Gasteiger partial charge < -0.3 is 4.74 Å². The van der Waals surface area contributed by atoms with Crippen LogP contribution in [0.4, 0.5) is 0 Å². The second-order valence-corrected chi connectivity index (χ2v) is 13.5. The van der Waals surface area contributed by atoms with Gasteiger partial charge in [0.1, 0.15) is 13.8 Å². The largest absolute Gasteiger partial charge is 0.497 e. The summed E-state index contributed by atoms with van der Waals surface area (Å²) in [7, 11) is -0.0615. The first kappa shape index (κ1) is 20.3. The summed E-state index contributed by atoms with van der Waals surface area (Å²) >= 11 is 6.55. The Kier molecular flexibility index (Phi) is 6.27. The molecule has 0 saturated heterocycles.